The normalized spacial score (nSPS) is 8.22. The van der Waals surface area contributed by atoms with E-state index in [0.29, 0.717) is 0 Å². The Morgan fingerprint density at radius 1 is 1.33 bits per heavy atom. The van der Waals surface area contributed by atoms with Gasteiger partial charge in [-0.3, -0.25) is 4.79 Å². The van der Waals surface area contributed by atoms with Crippen LogP contribution >= 0.6 is 23.5 Å². The maximum Gasteiger partial charge on any atom is 1.00 e. The molecule has 0 N–H and O–H groups in total. The minimum absolute atomic E-state index is 0. The number of thioether (sulfide) groups is 2. The monoisotopic (exact) mass is 174 g/mol. The molecule has 0 saturated heterocycles. The summed E-state index contributed by atoms with van der Waals surface area (Å²) >= 11 is 2.76. The van der Waals surface area contributed by atoms with Gasteiger partial charge in [-0.05, 0) is 11.5 Å². The average Bonchev–Trinajstić information content (AvgIpc) is 1.68. The molecule has 0 aromatic heterocycles. The Morgan fingerprint density at radius 2 is 1.67 bits per heavy atom. The zero-order valence-electron chi connectivity index (χ0n) is 7.14. The third-order valence-corrected chi connectivity index (χ3v) is 2.28. The molecule has 1 nitrogen and oxygen atoms in total. The Kier molecular flexibility index (Phi) is 13.5. The molecule has 0 aliphatic rings. The zero-order valence-corrected chi connectivity index (χ0v) is 9.77. The van der Waals surface area contributed by atoms with E-state index < -0.39 is 0 Å². The average molecular weight is 174 g/mol. The summed E-state index contributed by atoms with van der Waals surface area (Å²) in [6.45, 7) is 3.97. The molecule has 0 fully saturated rings. The van der Waals surface area contributed by atoms with Gasteiger partial charge >= 0.3 is 29.6 Å². The maximum absolute atomic E-state index is 10.6. The fourth-order valence-corrected chi connectivity index (χ4v) is 1.79. The van der Waals surface area contributed by atoms with Crippen LogP contribution in [0.1, 0.15) is 15.3 Å². The summed E-state index contributed by atoms with van der Waals surface area (Å²) in [5.74, 6) is 1.79. The molecule has 0 unspecified atom stereocenters. The van der Waals surface area contributed by atoms with Gasteiger partial charge in [0.2, 0.25) is 4.45 Å². The molecule has 0 aromatic carbocycles. The summed E-state index contributed by atoms with van der Waals surface area (Å²) in [4.78, 5) is 10.6. The van der Waals surface area contributed by atoms with Gasteiger partial charge in [0.05, 0.1) is 0 Å². The minimum Gasteiger partial charge on any atom is -1.00 e. The van der Waals surface area contributed by atoms with E-state index in [1.807, 2.05) is 13.8 Å². The van der Waals surface area contributed by atoms with Crippen LogP contribution in [0.3, 0.4) is 0 Å². The SMILES string of the molecule is CCSC(=O)SCC.[H-].[Na+]. The number of rotatable bonds is 2. The van der Waals surface area contributed by atoms with Crippen LogP contribution in [0.5, 0.6) is 0 Å². The maximum atomic E-state index is 10.6. The van der Waals surface area contributed by atoms with Gasteiger partial charge in [0.1, 0.15) is 0 Å². The van der Waals surface area contributed by atoms with Crippen molar-refractivity contribution in [3.63, 3.8) is 0 Å². The van der Waals surface area contributed by atoms with Crippen LogP contribution in [-0.2, 0) is 0 Å². The first-order chi connectivity index (χ1) is 3.81. The summed E-state index contributed by atoms with van der Waals surface area (Å²) in [5.41, 5.74) is 0. The van der Waals surface area contributed by atoms with Crippen molar-refractivity contribution in [3.8, 4) is 0 Å². The topological polar surface area (TPSA) is 17.1 Å². The van der Waals surface area contributed by atoms with Gasteiger partial charge in [-0.25, -0.2) is 0 Å². The van der Waals surface area contributed by atoms with Crippen molar-refractivity contribution in [1.29, 1.82) is 0 Å². The molecule has 0 atom stereocenters. The fraction of sp³-hybridized carbons (Fsp3) is 0.800. The summed E-state index contributed by atoms with van der Waals surface area (Å²) < 4.78 is 0.245. The van der Waals surface area contributed by atoms with Crippen molar-refractivity contribution in [2.24, 2.45) is 0 Å². The molecule has 0 aliphatic heterocycles. The van der Waals surface area contributed by atoms with Crippen molar-refractivity contribution in [2.75, 3.05) is 11.5 Å². The molecule has 0 aliphatic carbocycles. The predicted octanol–water partition coefficient (Wildman–Crippen LogP) is -0.271. The molecule has 0 aromatic rings. The molecule has 0 spiro atoms. The smallest absolute Gasteiger partial charge is 1.00 e. The summed E-state index contributed by atoms with van der Waals surface area (Å²) in [5, 5.41) is 0. The van der Waals surface area contributed by atoms with Crippen LogP contribution in [0.4, 0.5) is 4.79 Å². The van der Waals surface area contributed by atoms with Gasteiger partial charge in [-0.2, -0.15) is 0 Å². The minimum atomic E-state index is 0. The predicted molar refractivity (Wildman–Crippen MR) is 42.8 cm³/mol. The number of hydrogen-bond acceptors (Lipinski definition) is 3. The van der Waals surface area contributed by atoms with Crippen LogP contribution in [0.15, 0.2) is 0 Å². The molecule has 0 rings (SSSR count). The van der Waals surface area contributed by atoms with Gasteiger partial charge in [0, 0.05) is 0 Å². The molecule has 4 heteroatoms. The van der Waals surface area contributed by atoms with Gasteiger partial charge in [-0.1, -0.05) is 37.4 Å². The Balaban J connectivity index is -0.000000245. The molecule has 0 bridgehead atoms. The van der Waals surface area contributed by atoms with Gasteiger partial charge in [0.15, 0.2) is 0 Å². The Bertz CT molecular complexity index is 74.0. The first-order valence-electron chi connectivity index (χ1n) is 2.60. The van der Waals surface area contributed by atoms with Crippen molar-refractivity contribution in [1.82, 2.24) is 0 Å². The Morgan fingerprint density at radius 3 is 1.89 bits per heavy atom. The molecule has 0 heterocycles. The van der Waals surface area contributed by atoms with E-state index in [0.717, 1.165) is 11.5 Å². The van der Waals surface area contributed by atoms with Gasteiger partial charge in [-0.15, -0.1) is 0 Å². The van der Waals surface area contributed by atoms with Crippen LogP contribution in [0.25, 0.3) is 0 Å². The van der Waals surface area contributed by atoms with Gasteiger partial charge in [0.25, 0.3) is 0 Å². The van der Waals surface area contributed by atoms with E-state index in [4.69, 9.17) is 0 Å². The van der Waals surface area contributed by atoms with Crippen LogP contribution in [0, 0.1) is 0 Å². The molecule has 0 radical (unpaired) electrons. The first kappa shape index (κ1) is 13.0. The largest absolute Gasteiger partial charge is 1.00 e. The van der Waals surface area contributed by atoms with Crippen LogP contribution < -0.4 is 29.6 Å². The third-order valence-electron chi connectivity index (χ3n) is 0.524. The van der Waals surface area contributed by atoms with E-state index >= 15 is 0 Å². The molecule has 0 saturated carbocycles. The standard InChI is InChI=1S/C5H10OS2.Na.H/c1-3-7-5(6)8-4-2;;/h3-4H2,1-2H3;;/q;+1;-1. The number of hydrogen-bond donors (Lipinski definition) is 0. The van der Waals surface area contributed by atoms with E-state index in [1.165, 1.54) is 23.5 Å². The van der Waals surface area contributed by atoms with E-state index in [-0.39, 0.29) is 35.4 Å². The second kappa shape index (κ2) is 9.37. The second-order valence-electron chi connectivity index (χ2n) is 1.12. The summed E-state index contributed by atoms with van der Waals surface area (Å²) in [6.07, 6.45) is 0. The van der Waals surface area contributed by atoms with Crippen molar-refractivity contribution in [3.05, 3.63) is 0 Å². The van der Waals surface area contributed by atoms with Crippen molar-refractivity contribution < 1.29 is 35.8 Å². The number of carbonyl (C=O) groups excluding carboxylic acids is 1. The van der Waals surface area contributed by atoms with E-state index in [1.54, 1.807) is 0 Å². The second-order valence-corrected chi connectivity index (χ2v) is 3.85. The quantitative estimate of drug-likeness (QED) is 0.536. The first-order valence-corrected chi connectivity index (χ1v) is 4.58. The Hall–Kier alpha value is 1.37. The molecular weight excluding hydrogens is 163 g/mol. The van der Waals surface area contributed by atoms with Crippen molar-refractivity contribution in [2.45, 2.75) is 13.8 Å². The van der Waals surface area contributed by atoms with Gasteiger partial charge < -0.3 is 1.43 Å². The van der Waals surface area contributed by atoms with E-state index in [2.05, 4.69) is 0 Å². The summed E-state index contributed by atoms with van der Waals surface area (Å²) in [6, 6.07) is 0. The van der Waals surface area contributed by atoms with Crippen molar-refractivity contribution >= 4 is 28.0 Å². The third kappa shape index (κ3) is 9.37. The Labute approximate surface area is 88.5 Å². The molecule has 50 valence electrons. The summed E-state index contributed by atoms with van der Waals surface area (Å²) in [7, 11) is 0. The van der Waals surface area contributed by atoms with E-state index in [9.17, 15) is 4.79 Å². The number of carbonyl (C=O) groups is 1. The molecular formula is C5H11NaOS2. The van der Waals surface area contributed by atoms with Crippen LogP contribution in [-0.4, -0.2) is 16.0 Å². The van der Waals surface area contributed by atoms with Crippen LogP contribution in [0.2, 0.25) is 0 Å². The molecule has 9 heavy (non-hydrogen) atoms. The zero-order chi connectivity index (χ0) is 6.41. The molecule has 0 amide bonds. The fourth-order valence-electron chi connectivity index (χ4n) is 0.277.